The predicted molar refractivity (Wildman–Crippen MR) is 98.3 cm³/mol. The molecule has 1 nitrogen and oxygen atoms in total. The number of ether oxygens (including phenoxy) is 1. The normalized spacial score (nSPS) is 30.6. The molecule has 0 atom stereocenters. The highest BCUT2D eigenvalue weighted by atomic mass is 19.4. The molecule has 0 unspecified atom stereocenters. The predicted octanol–water partition coefficient (Wildman–Crippen LogP) is 6.75. The van der Waals surface area contributed by atoms with Crippen molar-refractivity contribution < 1.29 is 17.9 Å². The van der Waals surface area contributed by atoms with Crippen LogP contribution < -0.4 is 0 Å². The molecule has 0 aromatic heterocycles. The molecule has 144 valence electrons. The van der Waals surface area contributed by atoms with Crippen molar-refractivity contribution in [3.63, 3.8) is 0 Å². The molecule has 4 heteroatoms. The van der Waals surface area contributed by atoms with Crippen LogP contribution in [0, 0.1) is 5.92 Å². The number of rotatable bonds is 4. The molecule has 0 amide bonds. The SMILES string of the molecule is COC1CCC(c2ccc(C3CCC(C=CC(F)(F)F)CC3)cc2)CC1. The molecule has 0 spiro atoms. The number of hydrogen-bond donors (Lipinski definition) is 0. The van der Waals surface area contributed by atoms with Gasteiger partial charge in [0.15, 0.2) is 0 Å². The summed E-state index contributed by atoms with van der Waals surface area (Å²) in [6, 6.07) is 9.02. The fraction of sp³-hybridized carbons (Fsp3) is 0.636. The van der Waals surface area contributed by atoms with Gasteiger partial charge in [-0.25, -0.2) is 0 Å². The molecule has 2 fully saturated rings. The van der Waals surface area contributed by atoms with Crippen molar-refractivity contribution in [1.29, 1.82) is 0 Å². The molecule has 0 saturated heterocycles. The Morgan fingerprint density at radius 2 is 1.27 bits per heavy atom. The van der Waals surface area contributed by atoms with E-state index in [-0.39, 0.29) is 5.92 Å². The van der Waals surface area contributed by atoms with Crippen LogP contribution in [0.1, 0.15) is 74.3 Å². The van der Waals surface area contributed by atoms with Crippen LogP contribution in [0.15, 0.2) is 36.4 Å². The van der Waals surface area contributed by atoms with Gasteiger partial charge in [-0.05, 0) is 80.2 Å². The Hall–Kier alpha value is -1.29. The maximum Gasteiger partial charge on any atom is 0.409 e. The van der Waals surface area contributed by atoms with Gasteiger partial charge in [0.1, 0.15) is 0 Å². The first-order valence-corrected chi connectivity index (χ1v) is 9.83. The zero-order chi connectivity index (χ0) is 18.6. The third kappa shape index (κ3) is 5.35. The minimum atomic E-state index is -4.19. The molecule has 26 heavy (non-hydrogen) atoms. The second-order valence-corrected chi connectivity index (χ2v) is 7.89. The van der Waals surface area contributed by atoms with E-state index in [4.69, 9.17) is 4.74 Å². The Morgan fingerprint density at radius 1 is 0.808 bits per heavy atom. The number of allylic oxidation sites excluding steroid dienone is 2. The van der Waals surface area contributed by atoms with E-state index in [1.54, 1.807) is 7.11 Å². The van der Waals surface area contributed by atoms with Gasteiger partial charge in [0.25, 0.3) is 0 Å². The average Bonchev–Trinajstić information content (AvgIpc) is 2.66. The molecule has 1 aromatic carbocycles. The third-order valence-electron chi connectivity index (χ3n) is 6.22. The minimum Gasteiger partial charge on any atom is -0.381 e. The van der Waals surface area contributed by atoms with Crippen molar-refractivity contribution >= 4 is 0 Å². The second-order valence-electron chi connectivity index (χ2n) is 7.89. The highest BCUT2D eigenvalue weighted by Crippen LogP contribution is 2.38. The van der Waals surface area contributed by atoms with E-state index >= 15 is 0 Å². The lowest BCUT2D eigenvalue weighted by Gasteiger charge is -2.29. The van der Waals surface area contributed by atoms with Gasteiger partial charge in [-0.2, -0.15) is 13.2 Å². The Morgan fingerprint density at radius 3 is 1.69 bits per heavy atom. The summed E-state index contributed by atoms with van der Waals surface area (Å²) in [5.41, 5.74) is 2.77. The van der Waals surface area contributed by atoms with Gasteiger partial charge in [0.2, 0.25) is 0 Å². The van der Waals surface area contributed by atoms with Gasteiger partial charge in [0.05, 0.1) is 6.10 Å². The lowest BCUT2D eigenvalue weighted by atomic mass is 9.77. The van der Waals surface area contributed by atoms with Gasteiger partial charge < -0.3 is 4.74 Å². The number of halogens is 3. The maximum absolute atomic E-state index is 12.3. The van der Waals surface area contributed by atoms with Crippen molar-refractivity contribution in [1.82, 2.24) is 0 Å². The highest BCUT2D eigenvalue weighted by molar-refractivity contribution is 5.28. The first-order chi connectivity index (χ1) is 12.4. The van der Waals surface area contributed by atoms with Gasteiger partial charge in [-0.1, -0.05) is 30.3 Å². The van der Waals surface area contributed by atoms with Gasteiger partial charge in [0, 0.05) is 13.2 Å². The van der Waals surface area contributed by atoms with Crippen LogP contribution in [-0.4, -0.2) is 19.4 Å². The van der Waals surface area contributed by atoms with E-state index in [0.717, 1.165) is 38.5 Å². The van der Waals surface area contributed by atoms with E-state index in [0.29, 0.717) is 24.0 Å². The van der Waals surface area contributed by atoms with Crippen molar-refractivity contribution in [2.24, 2.45) is 5.92 Å². The largest absolute Gasteiger partial charge is 0.409 e. The zero-order valence-corrected chi connectivity index (χ0v) is 15.5. The van der Waals surface area contributed by atoms with Crippen molar-refractivity contribution in [2.75, 3.05) is 7.11 Å². The monoisotopic (exact) mass is 366 g/mol. The zero-order valence-electron chi connectivity index (χ0n) is 15.5. The maximum atomic E-state index is 12.3. The van der Waals surface area contributed by atoms with Gasteiger partial charge in [-0.3, -0.25) is 0 Å². The van der Waals surface area contributed by atoms with Crippen molar-refractivity contribution in [2.45, 2.75) is 75.5 Å². The molecule has 2 aliphatic carbocycles. The van der Waals surface area contributed by atoms with Crippen LogP contribution in [0.2, 0.25) is 0 Å². The van der Waals surface area contributed by atoms with Crippen molar-refractivity contribution in [3.8, 4) is 0 Å². The molecule has 0 aliphatic heterocycles. The quantitative estimate of drug-likeness (QED) is 0.535. The van der Waals surface area contributed by atoms with E-state index in [2.05, 4.69) is 24.3 Å². The molecular weight excluding hydrogens is 337 g/mol. The molecule has 1 aromatic rings. The Bertz CT molecular complexity index is 574. The minimum absolute atomic E-state index is 0.0723. The summed E-state index contributed by atoms with van der Waals surface area (Å²) in [6.45, 7) is 0. The van der Waals surface area contributed by atoms with Crippen LogP contribution in [0.25, 0.3) is 0 Å². The summed E-state index contributed by atoms with van der Waals surface area (Å²) in [6.07, 6.45) is 6.30. The topological polar surface area (TPSA) is 9.23 Å². The lowest BCUT2D eigenvalue weighted by molar-refractivity contribution is -0.0803. The van der Waals surface area contributed by atoms with Crippen LogP contribution >= 0.6 is 0 Å². The highest BCUT2D eigenvalue weighted by Gasteiger charge is 2.26. The van der Waals surface area contributed by atoms with E-state index in [9.17, 15) is 13.2 Å². The van der Waals surface area contributed by atoms with E-state index in [1.807, 2.05) is 0 Å². The molecule has 0 radical (unpaired) electrons. The van der Waals surface area contributed by atoms with Crippen LogP contribution in [-0.2, 0) is 4.74 Å². The summed E-state index contributed by atoms with van der Waals surface area (Å²) in [5, 5.41) is 0. The lowest BCUT2D eigenvalue weighted by Crippen LogP contribution is -2.19. The summed E-state index contributed by atoms with van der Waals surface area (Å²) in [5.74, 6) is 1.20. The van der Waals surface area contributed by atoms with Crippen molar-refractivity contribution in [3.05, 3.63) is 47.5 Å². The Balaban J connectivity index is 1.51. The van der Waals surface area contributed by atoms with Crippen LogP contribution in [0.3, 0.4) is 0 Å². The molecule has 2 aliphatic rings. The summed E-state index contributed by atoms with van der Waals surface area (Å²) < 4.78 is 42.3. The molecule has 0 heterocycles. The molecule has 2 saturated carbocycles. The van der Waals surface area contributed by atoms with Crippen LogP contribution in [0.4, 0.5) is 13.2 Å². The van der Waals surface area contributed by atoms with E-state index < -0.39 is 6.18 Å². The second kappa shape index (κ2) is 8.60. The Kier molecular flexibility index (Phi) is 6.44. The molecule has 3 rings (SSSR count). The fourth-order valence-corrected chi connectivity index (χ4v) is 4.56. The molecular formula is C22H29F3O. The fourth-order valence-electron chi connectivity index (χ4n) is 4.56. The molecule has 0 bridgehead atoms. The van der Waals surface area contributed by atoms with Crippen LogP contribution in [0.5, 0.6) is 0 Å². The van der Waals surface area contributed by atoms with Gasteiger partial charge >= 0.3 is 6.18 Å². The van der Waals surface area contributed by atoms with E-state index in [1.165, 1.54) is 30.0 Å². The number of methoxy groups -OCH3 is 1. The first-order valence-electron chi connectivity index (χ1n) is 9.83. The molecule has 0 N–H and O–H groups in total. The summed E-state index contributed by atoms with van der Waals surface area (Å²) in [4.78, 5) is 0. The first kappa shape index (κ1) is 19.5. The Labute approximate surface area is 154 Å². The van der Waals surface area contributed by atoms with Gasteiger partial charge in [-0.15, -0.1) is 0 Å². The smallest absolute Gasteiger partial charge is 0.381 e. The average molecular weight is 366 g/mol. The number of hydrogen-bond acceptors (Lipinski definition) is 1. The third-order valence-corrected chi connectivity index (χ3v) is 6.22. The summed E-state index contributed by atoms with van der Waals surface area (Å²) >= 11 is 0. The standard InChI is InChI=1S/C22H29F3O/c1-26-21-12-10-20(11-13-21)19-8-6-18(7-9-19)17-4-2-16(3-5-17)14-15-22(23,24)25/h6-9,14-17,20-21H,2-5,10-13H2,1H3. The number of alkyl halides is 3. The number of benzene rings is 1. The summed E-state index contributed by atoms with van der Waals surface area (Å²) in [7, 11) is 1.80.